The Kier molecular flexibility index (Phi) is 6.40. The molecule has 196 valence electrons. The van der Waals surface area contributed by atoms with Gasteiger partial charge < -0.3 is 28.6 Å². The van der Waals surface area contributed by atoms with E-state index >= 15 is 0 Å². The lowest BCUT2D eigenvalue weighted by Crippen LogP contribution is -2.55. The Morgan fingerprint density at radius 3 is 2.45 bits per heavy atom. The zero-order valence-electron chi connectivity index (χ0n) is 20.8. The van der Waals surface area contributed by atoms with Gasteiger partial charge in [0.15, 0.2) is 5.75 Å². The van der Waals surface area contributed by atoms with E-state index in [-0.39, 0.29) is 40.1 Å². The molecule has 1 aliphatic heterocycles. The van der Waals surface area contributed by atoms with Gasteiger partial charge in [0.1, 0.15) is 27.8 Å². The molecular weight excluding hydrogens is 514 g/mol. The first-order valence-corrected chi connectivity index (χ1v) is 12.2. The summed E-state index contributed by atoms with van der Waals surface area (Å²) in [4.78, 5) is 40.7. The molecule has 2 heterocycles. The number of fused-ring (bicyclic) bond motifs is 1. The number of anilines is 1. The van der Waals surface area contributed by atoms with E-state index in [1.807, 2.05) is 35.2 Å². The zero-order chi connectivity index (χ0) is 27.2. The first-order valence-electron chi connectivity index (χ1n) is 11.8. The van der Waals surface area contributed by atoms with Crippen molar-refractivity contribution in [2.24, 2.45) is 5.92 Å². The highest BCUT2D eigenvalue weighted by molar-refractivity contribution is 6.36. The molecule has 5 rings (SSSR count). The van der Waals surface area contributed by atoms with E-state index in [0.717, 1.165) is 5.69 Å². The molecule has 38 heavy (non-hydrogen) atoms. The molecule has 2 aromatic carbocycles. The highest BCUT2D eigenvalue weighted by Crippen LogP contribution is 2.53. The first-order chi connectivity index (χ1) is 18.2. The SMILES string of the molecule is COc1cc(OC)c2c(c1Cl)O[C@@]1(C(=O)C=C(N(Cc3ccc(C(=O)O)o3)c3ccccc3)C[C@H]1C)C2=O. The smallest absolute Gasteiger partial charge is 0.371 e. The Morgan fingerprint density at radius 1 is 1.13 bits per heavy atom. The Balaban J connectivity index is 1.55. The van der Waals surface area contributed by atoms with Crippen LogP contribution in [0.5, 0.6) is 17.2 Å². The molecule has 10 heteroatoms. The summed E-state index contributed by atoms with van der Waals surface area (Å²) in [5, 5.41) is 9.32. The van der Waals surface area contributed by atoms with Gasteiger partial charge in [-0.25, -0.2) is 4.79 Å². The minimum Gasteiger partial charge on any atom is -0.496 e. The summed E-state index contributed by atoms with van der Waals surface area (Å²) < 4.78 is 22.3. The molecule has 9 nitrogen and oxygen atoms in total. The average Bonchev–Trinajstić information content (AvgIpc) is 3.51. The first kappa shape index (κ1) is 25.4. The molecule has 0 bridgehead atoms. The summed E-state index contributed by atoms with van der Waals surface area (Å²) >= 11 is 6.48. The number of ether oxygens (including phenoxy) is 3. The van der Waals surface area contributed by atoms with Crippen LogP contribution in [0.2, 0.25) is 5.02 Å². The van der Waals surface area contributed by atoms with Crippen molar-refractivity contribution in [3.8, 4) is 17.2 Å². The van der Waals surface area contributed by atoms with Crippen molar-refractivity contribution >= 4 is 34.8 Å². The van der Waals surface area contributed by atoms with Crippen molar-refractivity contribution in [3.05, 3.63) is 82.4 Å². The Labute approximate surface area is 223 Å². The molecule has 1 aromatic heterocycles. The third-order valence-electron chi connectivity index (χ3n) is 6.89. The van der Waals surface area contributed by atoms with Crippen LogP contribution in [0, 0.1) is 5.92 Å². The fourth-order valence-electron chi connectivity index (χ4n) is 4.99. The summed E-state index contributed by atoms with van der Waals surface area (Å²) in [6.45, 7) is 1.94. The second-order valence-electron chi connectivity index (χ2n) is 9.06. The number of hydrogen-bond acceptors (Lipinski definition) is 8. The average molecular weight is 538 g/mol. The van der Waals surface area contributed by atoms with Crippen LogP contribution in [0.25, 0.3) is 0 Å². The van der Waals surface area contributed by atoms with Crippen LogP contribution in [-0.4, -0.2) is 42.5 Å². The lowest BCUT2D eigenvalue weighted by molar-refractivity contribution is -0.129. The van der Waals surface area contributed by atoms with E-state index in [1.54, 1.807) is 13.0 Å². The van der Waals surface area contributed by atoms with E-state index in [0.29, 0.717) is 17.9 Å². The summed E-state index contributed by atoms with van der Waals surface area (Å²) in [5.41, 5.74) is -0.319. The number of Topliss-reactive ketones (excluding diaryl/α,β-unsaturated/α-hetero) is 1. The molecule has 0 fully saturated rings. The maximum Gasteiger partial charge on any atom is 0.371 e. The summed E-state index contributed by atoms with van der Waals surface area (Å²) in [6.07, 6.45) is 1.69. The molecule has 1 aliphatic carbocycles. The molecule has 1 N–H and O–H groups in total. The van der Waals surface area contributed by atoms with Gasteiger partial charge in [0.05, 0.1) is 20.8 Å². The van der Waals surface area contributed by atoms with E-state index in [4.69, 9.17) is 30.2 Å². The minimum absolute atomic E-state index is 0.0571. The van der Waals surface area contributed by atoms with Gasteiger partial charge in [0, 0.05) is 29.4 Å². The fourth-order valence-corrected chi connectivity index (χ4v) is 5.26. The van der Waals surface area contributed by atoms with Gasteiger partial charge in [-0.1, -0.05) is 36.7 Å². The number of methoxy groups -OCH3 is 2. The minimum atomic E-state index is -1.81. The maximum atomic E-state index is 13.8. The van der Waals surface area contributed by atoms with Gasteiger partial charge in [-0.3, -0.25) is 9.59 Å². The monoisotopic (exact) mass is 537 g/mol. The molecule has 0 unspecified atom stereocenters. The summed E-state index contributed by atoms with van der Waals surface area (Å²) in [6, 6.07) is 13.8. The van der Waals surface area contributed by atoms with Crippen molar-refractivity contribution in [1.29, 1.82) is 0 Å². The van der Waals surface area contributed by atoms with Crippen molar-refractivity contribution in [2.45, 2.75) is 25.5 Å². The van der Waals surface area contributed by atoms with Crippen LogP contribution in [0.4, 0.5) is 5.69 Å². The fraction of sp³-hybridized carbons (Fsp3) is 0.250. The van der Waals surface area contributed by atoms with Gasteiger partial charge in [-0.05, 0) is 30.7 Å². The molecule has 2 atom stereocenters. The highest BCUT2D eigenvalue weighted by Gasteiger charge is 2.60. The van der Waals surface area contributed by atoms with Gasteiger partial charge in [-0.15, -0.1) is 0 Å². The number of carbonyl (C=O) groups is 3. The van der Waals surface area contributed by atoms with Gasteiger partial charge >= 0.3 is 5.97 Å². The van der Waals surface area contributed by atoms with Crippen molar-refractivity contribution < 1.29 is 38.1 Å². The third kappa shape index (κ3) is 3.90. The molecule has 0 saturated carbocycles. The van der Waals surface area contributed by atoms with E-state index in [2.05, 4.69) is 0 Å². The van der Waals surface area contributed by atoms with Gasteiger partial charge in [-0.2, -0.15) is 0 Å². The summed E-state index contributed by atoms with van der Waals surface area (Å²) in [5.74, 6) is -2.08. The zero-order valence-corrected chi connectivity index (χ0v) is 21.6. The number of nitrogens with zero attached hydrogens (tertiary/aromatic N) is 1. The highest BCUT2D eigenvalue weighted by atomic mass is 35.5. The third-order valence-corrected chi connectivity index (χ3v) is 7.25. The molecule has 2 aliphatic rings. The van der Waals surface area contributed by atoms with Crippen molar-refractivity contribution in [1.82, 2.24) is 0 Å². The number of halogens is 1. The molecule has 0 amide bonds. The Bertz CT molecular complexity index is 1480. The largest absolute Gasteiger partial charge is 0.496 e. The topological polar surface area (TPSA) is 116 Å². The predicted molar refractivity (Wildman–Crippen MR) is 137 cm³/mol. The number of aromatic carboxylic acids is 1. The van der Waals surface area contributed by atoms with Crippen LogP contribution in [0.3, 0.4) is 0 Å². The maximum absolute atomic E-state index is 13.8. The van der Waals surface area contributed by atoms with Gasteiger partial charge in [0.25, 0.3) is 0 Å². The van der Waals surface area contributed by atoms with Crippen molar-refractivity contribution in [2.75, 3.05) is 19.1 Å². The molecule has 0 radical (unpaired) electrons. The van der Waals surface area contributed by atoms with Crippen molar-refractivity contribution in [3.63, 3.8) is 0 Å². The standard InChI is InChI=1S/C28H24ClNO8/c1-15-11-17(30(16-7-5-4-6-8-16)14-18-9-10-19(37-18)27(33)34)12-22(31)28(15)26(32)23-20(35-2)13-21(36-3)24(29)25(23)38-28/h4-10,12-13,15H,11,14H2,1-3H3,(H,33,34)/t15-,28+/m1/s1. The lowest BCUT2D eigenvalue weighted by atomic mass is 9.74. The van der Waals surface area contributed by atoms with Crippen LogP contribution < -0.4 is 19.1 Å². The van der Waals surface area contributed by atoms with Gasteiger partial charge in [0.2, 0.25) is 22.9 Å². The number of benzene rings is 2. The number of carbonyl (C=O) groups excluding carboxylic acids is 2. The quantitative estimate of drug-likeness (QED) is 0.408. The molecule has 1 spiro atoms. The van der Waals surface area contributed by atoms with Crippen LogP contribution in [0.1, 0.15) is 40.0 Å². The lowest BCUT2D eigenvalue weighted by Gasteiger charge is -2.38. The molecule has 3 aromatic rings. The molecule has 0 saturated heterocycles. The number of hydrogen-bond donors (Lipinski definition) is 1. The number of allylic oxidation sites excluding steroid dienone is 1. The predicted octanol–water partition coefficient (Wildman–Crippen LogP) is 5.16. The van der Waals surface area contributed by atoms with Crippen LogP contribution >= 0.6 is 11.6 Å². The Morgan fingerprint density at radius 2 is 1.84 bits per heavy atom. The van der Waals surface area contributed by atoms with E-state index in [9.17, 15) is 19.5 Å². The van der Waals surface area contributed by atoms with E-state index < -0.39 is 29.1 Å². The number of rotatable bonds is 7. The van der Waals surface area contributed by atoms with Crippen LogP contribution in [0.15, 0.2) is 64.7 Å². The second-order valence-corrected chi connectivity index (χ2v) is 9.44. The number of furan rings is 1. The summed E-state index contributed by atoms with van der Waals surface area (Å²) in [7, 11) is 2.84. The van der Waals surface area contributed by atoms with Crippen LogP contribution in [-0.2, 0) is 11.3 Å². The number of carboxylic acid groups (broad SMARTS) is 1. The Hall–Kier alpha value is -4.24. The second kappa shape index (κ2) is 9.57. The molecular formula is C28H24ClNO8. The normalized spacial score (nSPS) is 20.1. The number of carboxylic acids is 1. The number of para-hydroxylation sites is 1. The van der Waals surface area contributed by atoms with E-state index in [1.165, 1.54) is 32.4 Å². The number of ketones is 2.